The number of amides is 3. The number of carbonyl (C=O) groups excluding carboxylic acids is 3. The lowest BCUT2D eigenvalue weighted by Crippen LogP contribution is -2.29. The number of oxazole rings is 1. The van der Waals surface area contributed by atoms with Crippen LogP contribution in [0.15, 0.2) is 41.0 Å². The van der Waals surface area contributed by atoms with Crippen molar-refractivity contribution in [3.05, 3.63) is 53.7 Å². The van der Waals surface area contributed by atoms with E-state index in [0.717, 1.165) is 11.8 Å². The molecular formula is C22H28N4O6. The fourth-order valence-electron chi connectivity index (χ4n) is 3.17. The lowest BCUT2D eigenvalue weighted by atomic mass is 9.91. The van der Waals surface area contributed by atoms with Crippen LogP contribution in [0.1, 0.15) is 58.8 Å². The highest BCUT2D eigenvalue weighted by Crippen LogP contribution is 2.24. The molecule has 0 spiro atoms. The quantitative estimate of drug-likeness (QED) is 0.366. The molecule has 0 bridgehead atoms. The third-order valence-electron chi connectivity index (χ3n) is 4.90. The molecule has 4 N–H and O–H groups in total. The second-order valence-corrected chi connectivity index (χ2v) is 7.41. The summed E-state index contributed by atoms with van der Waals surface area (Å²) in [4.78, 5) is 51.4. The average Bonchev–Trinajstić information content (AvgIpc) is 3.26. The van der Waals surface area contributed by atoms with Gasteiger partial charge >= 0.3 is 6.09 Å². The van der Waals surface area contributed by atoms with Crippen molar-refractivity contribution in [3.8, 4) is 0 Å². The smallest absolute Gasteiger partial charge is 0.404 e. The van der Waals surface area contributed by atoms with Crippen molar-refractivity contribution < 1.29 is 28.7 Å². The van der Waals surface area contributed by atoms with E-state index in [1.54, 1.807) is 0 Å². The van der Waals surface area contributed by atoms with Crippen molar-refractivity contribution in [1.29, 1.82) is 0 Å². The van der Waals surface area contributed by atoms with Gasteiger partial charge in [0, 0.05) is 26.6 Å². The maximum absolute atomic E-state index is 13.0. The minimum absolute atomic E-state index is 0.00357. The summed E-state index contributed by atoms with van der Waals surface area (Å²) in [6.07, 6.45) is 1.16. The molecule has 1 heterocycles. The summed E-state index contributed by atoms with van der Waals surface area (Å²) in [7, 11) is 1.46. The number of benzene rings is 1. The minimum atomic E-state index is -1.09. The van der Waals surface area contributed by atoms with Gasteiger partial charge in [0.05, 0.1) is 5.92 Å². The Morgan fingerprint density at radius 3 is 2.41 bits per heavy atom. The van der Waals surface area contributed by atoms with Crippen LogP contribution in [0.2, 0.25) is 0 Å². The fraction of sp³-hybridized carbons (Fsp3) is 0.409. The second kappa shape index (κ2) is 12.2. The Labute approximate surface area is 185 Å². The largest absolute Gasteiger partial charge is 0.465 e. The third-order valence-corrected chi connectivity index (χ3v) is 4.90. The van der Waals surface area contributed by atoms with Crippen LogP contribution in [0.4, 0.5) is 4.79 Å². The van der Waals surface area contributed by atoms with Gasteiger partial charge in [0.15, 0.2) is 5.69 Å². The van der Waals surface area contributed by atoms with E-state index >= 15 is 0 Å². The van der Waals surface area contributed by atoms with E-state index < -0.39 is 17.9 Å². The standard InChI is InChI=1S/C22H28N4O6/c1-14(8-10-25-22(30)31)12-18(27)24-11-9-16(15-6-4-3-5-7-15)19(28)21-26-17(13-32-21)20(29)23-2/h3-7,13-14,16,25H,8-12H2,1-2H3,(H,23,29)(H,24,27)(H,30,31). The van der Waals surface area contributed by atoms with E-state index in [9.17, 15) is 19.2 Å². The summed E-state index contributed by atoms with van der Waals surface area (Å²) in [5.74, 6) is -1.78. The molecule has 0 aliphatic carbocycles. The molecule has 2 rings (SSSR count). The van der Waals surface area contributed by atoms with Gasteiger partial charge in [0.25, 0.3) is 11.8 Å². The summed E-state index contributed by atoms with van der Waals surface area (Å²) in [6.45, 7) is 2.40. The molecule has 2 atom stereocenters. The first-order valence-electron chi connectivity index (χ1n) is 10.3. The number of ketones is 1. The summed E-state index contributed by atoms with van der Waals surface area (Å²) in [5.41, 5.74) is 0.766. The minimum Gasteiger partial charge on any atom is -0.465 e. The molecule has 1 aromatic heterocycles. The number of hydrogen-bond donors (Lipinski definition) is 4. The van der Waals surface area contributed by atoms with Crippen LogP contribution in [0.25, 0.3) is 0 Å². The van der Waals surface area contributed by atoms with Gasteiger partial charge in [-0.1, -0.05) is 37.3 Å². The van der Waals surface area contributed by atoms with E-state index in [-0.39, 0.29) is 48.7 Å². The molecule has 0 aliphatic rings. The molecule has 2 unspecified atom stereocenters. The Bertz CT molecular complexity index is 928. The summed E-state index contributed by atoms with van der Waals surface area (Å²) < 4.78 is 5.23. The van der Waals surface area contributed by atoms with Crippen LogP contribution >= 0.6 is 0 Å². The van der Waals surface area contributed by atoms with Gasteiger partial charge in [-0.05, 0) is 24.3 Å². The first kappa shape index (κ1) is 24.6. The molecular weight excluding hydrogens is 416 g/mol. The number of nitrogens with one attached hydrogen (secondary N) is 3. The Morgan fingerprint density at radius 2 is 1.75 bits per heavy atom. The Morgan fingerprint density at radius 1 is 1.06 bits per heavy atom. The van der Waals surface area contributed by atoms with E-state index in [0.29, 0.717) is 12.8 Å². The first-order valence-corrected chi connectivity index (χ1v) is 10.3. The maximum atomic E-state index is 13.0. The van der Waals surface area contributed by atoms with Gasteiger partial charge < -0.3 is 25.5 Å². The highest BCUT2D eigenvalue weighted by molar-refractivity contribution is 5.99. The molecule has 32 heavy (non-hydrogen) atoms. The number of rotatable bonds is 12. The van der Waals surface area contributed by atoms with Crippen molar-refractivity contribution in [1.82, 2.24) is 20.9 Å². The Kier molecular flexibility index (Phi) is 9.40. The number of Topliss-reactive ketones (excluding diaryl/α,β-unsaturated/α-hetero) is 1. The number of hydrogen-bond acceptors (Lipinski definition) is 6. The van der Waals surface area contributed by atoms with Crippen LogP contribution < -0.4 is 16.0 Å². The van der Waals surface area contributed by atoms with Crippen molar-refractivity contribution in [2.75, 3.05) is 20.1 Å². The zero-order chi connectivity index (χ0) is 23.5. The zero-order valence-electron chi connectivity index (χ0n) is 18.1. The second-order valence-electron chi connectivity index (χ2n) is 7.41. The van der Waals surface area contributed by atoms with E-state index in [4.69, 9.17) is 9.52 Å². The molecule has 0 aliphatic heterocycles. The van der Waals surface area contributed by atoms with Crippen LogP contribution in [-0.4, -0.2) is 53.9 Å². The summed E-state index contributed by atoms with van der Waals surface area (Å²) >= 11 is 0. The number of carboxylic acid groups (broad SMARTS) is 1. The van der Waals surface area contributed by atoms with Crippen LogP contribution in [0.3, 0.4) is 0 Å². The van der Waals surface area contributed by atoms with Gasteiger partial charge in [-0.2, -0.15) is 0 Å². The molecule has 3 amide bonds. The lowest BCUT2D eigenvalue weighted by Gasteiger charge is -2.16. The third kappa shape index (κ3) is 7.53. The van der Waals surface area contributed by atoms with Crippen molar-refractivity contribution in [2.24, 2.45) is 5.92 Å². The predicted octanol–water partition coefficient (Wildman–Crippen LogP) is 2.19. The fourth-order valence-corrected chi connectivity index (χ4v) is 3.17. The Balaban J connectivity index is 1.96. The monoisotopic (exact) mass is 444 g/mol. The van der Waals surface area contributed by atoms with E-state index in [1.165, 1.54) is 7.05 Å². The predicted molar refractivity (Wildman–Crippen MR) is 115 cm³/mol. The molecule has 172 valence electrons. The van der Waals surface area contributed by atoms with Crippen LogP contribution in [0.5, 0.6) is 0 Å². The number of nitrogens with zero attached hydrogens (tertiary/aromatic N) is 1. The highest BCUT2D eigenvalue weighted by Gasteiger charge is 2.27. The molecule has 0 saturated carbocycles. The molecule has 10 heteroatoms. The summed E-state index contributed by atoms with van der Waals surface area (Å²) in [6, 6.07) is 9.08. The lowest BCUT2D eigenvalue weighted by molar-refractivity contribution is -0.121. The average molecular weight is 444 g/mol. The topological polar surface area (TPSA) is 151 Å². The van der Waals surface area contributed by atoms with Crippen LogP contribution in [0, 0.1) is 5.92 Å². The van der Waals surface area contributed by atoms with Gasteiger partial charge in [0.2, 0.25) is 11.7 Å². The number of aromatic nitrogens is 1. The summed E-state index contributed by atoms with van der Waals surface area (Å²) in [5, 5.41) is 16.1. The molecule has 0 radical (unpaired) electrons. The van der Waals surface area contributed by atoms with Gasteiger partial charge in [-0.15, -0.1) is 0 Å². The Hall–Kier alpha value is -3.69. The zero-order valence-corrected chi connectivity index (χ0v) is 18.1. The van der Waals surface area contributed by atoms with Crippen molar-refractivity contribution in [3.63, 3.8) is 0 Å². The highest BCUT2D eigenvalue weighted by atomic mass is 16.4. The molecule has 1 aromatic carbocycles. The van der Waals surface area contributed by atoms with Gasteiger partial charge in [-0.3, -0.25) is 14.4 Å². The molecule has 0 saturated heterocycles. The molecule has 10 nitrogen and oxygen atoms in total. The normalized spacial score (nSPS) is 12.4. The molecule has 2 aromatic rings. The van der Waals surface area contributed by atoms with Gasteiger partial charge in [-0.25, -0.2) is 9.78 Å². The number of carbonyl (C=O) groups is 4. The SMILES string of the molecule is CNC(=O)c1coc(C(=O)C(CCNC(=O)CC(C)CCNC(=O)O)c2ccccc2)n1. The maximum Gasteiger partial charge on any atom is 0.404 e. The molecule has 0 fully saturated rings. The van der Waals surface area contributed by atoms with E-state index in [2.05, 4.69) is 20.9 Å². The van der Waals surface area contributed by atoms with Crippen LogP contribution in [-0.2, 0) is 4.79 Å². The van der Waals surface area contributed by atoms with Crippen molar-refractivity contribution >= 4 is 23.7 Å². The first-order chi connectivity index (χ1) is 15.3. The van der Waals surface area contributed by atoms with E-state index in [1.807, 2.05) is 37.3 Å². The van der Waals surface area contributed by atoms with Gasteiger partial charge in [0.1, 0.15) is 6.26 Å². The van der Waals surface area contributed by atoms with Crippen molar-refractivity contribution in [2.45, 2.75) is 32.1 Å².